The molecule has 1 unspecified atom stereocenters. The highest BCUT2D eigenvalue weighted by atomic mass is 35.5. The van der Waals surface area contributed by atoms with Crippen LogP contribution >= 0.6 is 11.6 Å². The maximum atomic E-state index is 13.1. The van der Waals surface area contributed by atoms with E-state index < -0.39 is 28.4 Å². The highest BCUT2D eigenvalue weighted by molar-refractivity contribution is 6.30. The van der Waals surface area contributed by atoms with Gasteiger partial charge >= 0.3 is 12.1 Å². The molecule has 0 amide bonds. The number of aliphatic carboxylic acids is 1. The Balaban J connectivity index is 1.83. The van der Waals surface area contributed by atoms with E-state index in [1.807, 2.05) is 0 Å². The van der Waals surface area contributed by atoms with Crippen molar-refractivity contribution in [3.63, 3.8) is 0 Å². The van der Waals surface area contributed by atoms with Gasteiger partial charge in [0.1, 0.15) is 22.6 Å². The van der Waals surface area contributed by atoms with E-state index in [2.05, 4.69) is 4.98 Å². The summed E-state index contributed by atoms with van der Waals surface area (Å²) in [5.41, 5.74) is -1.78. The van der Waals surface area contributed by atoms with Crippen LogP contribution in [0.3, 0.4) is 0 Å². The number of anilines is 1. The first-order valence-corrected chi connectivity index (χ1v) is 7.24. The number of hydrogen-bond donors (Lipinski definition) is 1. The van der Waals surface area contributed by atoms with Crippen molar-refractivity contribution in [2.45, 2.75) is 12.6 Å². The molecule has 1 N–H and O–H groups in total. The maximum absolute atomic E-state index is 13.1. The number of nitrogens with zero attached hydrogens (tertiary/aromatic N) is 3. The van der Waals surface area contributed by atoms with Gasteiger partial charge < -0.3 is 10.0 Å². The average molecular weight is 346 g/mol. The third-order valence-electron chi connectivity index (χ3n) is 4.48. The molecule has 1 saturated heterocycles. The molecule has 122 valence electrons. The summed E-state index contributed by atoms with van der Waals surface area (Å²) >= 11 is 5.73. The van der Waals surface area contributed by atoms with Crippen LogP contribution < -0.4 is 4.90 Å². The molecule has 1 aromatic rings. The minimum absolute atomic E-state index is 0.0719. The van der Waals surface area contributed by atoms with Gasteiger partial charge in [-0.05, 0) is 23.8 Å². The Hall–Kier alpha value is -2.01. The van der Waals surface area contributed by atoms with Crippen LogP contribution in [0.15, 0.2) is 6.07 Å². The fraction of sp³-hybridized carbons (Fsp3) is 0.500. The first-order valence-electron chi connectivity index (χ1n) is 6.87. The number of hydrogen-bond acceptors (Lipinski definition) is 4. The number of alkyl halides is 3. The van der Waals surface area contributed by atoms with E-state index >= 15 is 0 Å². The van der Waals surface area contributed by atoms with Crippen molar-refractivity contribution >= 4 is 23.4 Å². The lowest BCUT2D eigenvalue weighted by Crippen LogP contribution is -2.26. The van der Waals surface area contributed by atoms with Gasteiger partial charge in [0.2, 0.25) is 0 Å². The van der Waals surface area contributed by atoms with Gasteiger partial charge in [0.05, 0.1) is 5.56 Å². The SMILES string of the molecule is N#Cc1c(C(F)(F)F)cc(N2C[C@@H]3C(CC(=O)O)[C@@H]3C2)nc1Cl. The zero-order chi connectivity index (χ0) is 16.9. The Morgan fingerprint density at radius 1 is 1.48 bits per heavy atom. The van der Waals surface area contributed by atoms with Gasteiger partial charge in [-0.15, -0.1) is 0 Å². The number of aromatic nitrogens is 1. The number of carboxylic acid groups (broad SMARTS) is 1. The summed E-state index contributed by atoms with van der Waals surface area (Å²) in [5.74, 6) is -0.384. The van der Waals surface area contributed by atoms with Crippen LogP contribution in [0.1, 0.15) is 17.5 Å². The number of fused-ring (bicyclic) bond motifs is 1. The van der Waals surface area contributed by atoms with Crippen LogP contribution in [0.25, 0.3) is 0 Å². The molecule has 3 rings (SSSR count). The lowest BCUT2D eigenvalue weighted by atomic mass is 10.1. The molecule has 9 heteroatoms. The molecule has 0 bridgehead atoms. The first-order chi connectivity index (χ1) is 10.7. The number of rotatable bonds is 3. The second-order valence-corrected chi connectivity index (χ2v) is 6.16. The van der Waals surface area contributed by atoms with Gasteiger partial charge in [-0.25, -0.2) is 4.98 Å². The summed E-state index contributed by atoms with van der Waals surface area (Å²) in [5, 5.41) is 17.2. The maximum Gasteiger partial charge on any atom is 0.417 e. The molecular formula is C14H11ClF3N3O2. The molecular weight excluding hydrogens is 335 g/mol. The van der Waals surface area contributed by atoms with Gasteiger partial charge in [-0.2, -0.15) is 18.4 Å². The topological polar surface area (TPSA) is 77.2 Å². The number of carboxylic acids is 1. The molecule has 1 saturated carbocycles. The Bertz CT molecular complexity index is 704. The zero-order valence-electron chi connectivity index (χ0n) is 11.6. The normalized spacial score (nSPS) is 25.9. The standard InChI is InChI=1S/C14H11ClF3N3O2/c15-13-7(3-19)10(14(16,17)18)2-11(20-13)21-4-8-6(1-12(22)23)9(8)5-21/h2,6,8-9H,1,4-5H2,(H,22,23)/t6?,8-,9+. The van der Waals surface area contributed by atoms with Crippen LogP contribution in [0, 0.1) is 29.1 Å². The summed E-state index contributed by atoms with van der Waals surface area (Å²) in [6.07, 6.45) is -4.61. The third kappa shape index (κ3) is 2.81. The van der Waals surface area contributed by atoms with Crippen molar-refractivity contribution in [3.8, 4) is 6.07 Å². The smallest absolute Gasteiger partial charge is 0.417 e. The van der Waals surface area contributed by atoms with Gasteiger partial charge in [0.25, 0.3) is 0 Å². The quantitative estimate of drug-likeness (QED) is 0.852. The van der Waals surface area contributed by atoms with Crippen molar-refractivity contribution in [1.82, 2.24) is 4.98 Å². The van der Waals surface area contributed by atoms with Gasteiger partial charge in [0, 0.05) is 19.5 Å². The molecule has 0 aromatic carbocycles. The molecule has 23 heavy (non-hydrogen) atoms. The molecule has 3 atom stereocenters. The van der Waals surface area contributed by atoms with E-state index in [1.54, 1.807) is 4.90 Å². The van der Waals surface area contributed by atoms with Crippen LogP contribution in [0.5, 0.6) is 0 Å². The predicted octanol–water partition coefficient (Wildman–Crippen LogP) is 2.78. The summed E-state index contributed by atoms with van der Waals surface area (Å²) in [6, 6.07) is 2.27. The molecule has 1 aliphatic heterocycles. The molecule has 1 aromatic heterocycles. The monoisotopic (exact) mass is 345 g/mol. The van der Waals surface area contributed by atoms with Crippen LogP contribution in [0.4, 0.5) is 19.0 Å². The lowest BCUT2D eigenvalue weighted by molar-refractivity contribution is -0.138. The summed E-state index contributed by atoms with van der Waals surface area (Å²) in [6.45, 7) is 0.907. The fourth-order valence-corrected chi connectivity index (χ4v) is 3.56. The minimum Gasteiger partial charge on any atom is -0.481 e. The molecule has 2 heterocycles. The van der Waals surface area contributed by atoms with Gasteiger partial charge in [0.15, 0.2) is 0 Å². The number of pyridine rings is 1. The molecule has 2 fully saturated rings. The summed E-state index contributed by atoms with van der Waals surface area (Å²) in [7, 11) is 0. The van der Waals surface area contributed by atoms with Crippen molar-refractivity contribution in [3.05, 3.63) is 22.3 Å². The number of carbonyl (C=O) groups is 1. The highest BCUT2D eigenvalue weighted by Gasteiger charge is 2.56. The molecule has 0 spiro atoms. The van der Waals surface area contributed by atoms with Gasteiger partial charge in [-0.1, -0.05) is 11.6 Å². The lowest BCUT2D eigenvalue weighted by Gasteiger charge is -2.22. The number of piperidine rings is 1. The van der Waals surface area contributed by atoms with Gasteiger partial charge in [-0.3, -0.25) is 4.79 Å². The second kappa shape index (κ2) is 5.27. The first kappa shape index (κ1) is 15.9. The van der Waals surface area contributed by atoms with Crippen LogP contribution in [-0.2, 0) is 11.0 Å². The second-order valence-electron chi connectivity index (χ2n) is 5.80. The number of halogens is 4. The van der Waals surface area contributed by atoms with E-state index in [4.69, 9.17) is 22.0 Å². The van der Waals surface area contributed by atoms with Crippen LogP contribution in [0.2, 0.25) is 5.15 Å². The molecule has 2 aliphatic rings. The Morgan fingerprint density at radius 3 is 2.57 bits per heavy atom. The average Bonchev–Trinajstić information content (AvgIpc) is 2.89. The van der Waals surface area contributed by atoms with E-state index in [0.29, 0.717) is 13.1 Å². The van der Waals surface area contributed by atoms with Crippen molar-refractivity contribution in [2.24, 2.45) is 17.8 Å². The van der Waals surface area contributed by atoms with E-state index in [1.165, 1.54) is 6.07 Å². The third-order valence-corrected chi connectivity index (χ3v) is 4.76. The predicted molar refractivity (Wildman–Crippen MR) is 73.9 cm³/mol. The van der Waals surface area contributed by atoms with Crippen LogP contribution in [-0.4, -0.2) is 29.1 Å². The van der Waals surface area contributed by atoms with E-state index in [0.717, 1.165) is 6.07 Å². The largest absolute Gasteiger partial charge is 0.481 e. The number of nitriles is 1. The van der Waals surface area contributed by atoms with Crippen molar-refractivity contribution < 1.29 is 23.1 Å². The summed E-state index contributed by atoms with van der Waals surface area (Å²) in [4.78, 5) is 16.3. The fourth-order valence-electron chi connectivity index (χ4n) is 3.33. The van der Waals surface area contributed by atoms with Crippen molar-refractivity contribution in [1.29, 1.82) is 5.26 Å². The van der Waals surface area contributed by atoms with E-state index in [9.17, 15) is 18.0 Å². The Kier molecular flexibility index (Phi) is 3.64. The van der Waals surface area contributed by atoms with Crippen molar-refractivity contribution in [2.75, 3.05) is 18.0 Å². The zero-order valence-corrected chi connectivity index (χ0v) is 12.4. The molecule has 0 radical (unpaired) electrons. The molecule has 5 nitrogen and oxygen atoms in total. The Labute approximate surface area is 134 Å². The molecule has 1 aliphatic carbocycles. The minimum atomic E-state index is -4.69. The Morgan fingerprint density at radius 2 is 2.09 bits per heavy atom. The summed E-state index contributed by atoms with van der Waals surface area (Å²) < 4.78 is 39.2. The van der Waals surface area contributed by atoms with E-state index in [-0.39, 0.29) is 30.0 Å². The highest BCUT2D eigenvalue weighted by Crippen LogP contribution is 2.54.